The highest BCUT2D eigenvalue weighted by atomic mass is 16.3. The van der Waals surface area contributed by atoms with Crippen LogP contribution >= 0.6 is 0 Å². The molecule has 78 valence electrons. The van der Waals surface area contributed by atoms with E-state index in [1.807, 2.05) is 25.1 Å². The minimum Gasteiger partial charge on any atom is -0.391 e. The summed E-state index contributed by atoms with van der Waals surface area (Å²) in [7, 11) is 0. The molecule has 1 aromatic carbocycles. The molecule has 1 saturated heterocycles. The van der Waals surface area contributed by atoms with Crippen LogP contribution in [-0.2, 0) is 0 Å². The van der Waals surface area contributed by atoms with Gasteiger partial charge in [-0.05, 0) is 31.0 Å². The van der Waals surface area contributed by atoms with Crippen LogP contribution in [0.15, 0.2) is 18.2 Å². The number of aliphatic hydroxyl groups is 1. The number of benzene rings is 1. The van der Waals surface area contributed by atoms with Crippen molar-refractivity contribution in [3.8, 4) is 6.07 Å². The summed E-state index contributed by atoms with van der Waals surface area (Å²) in [4.78, 5) is 2.07. The number of hydrogen-bond acceptors (Lipinski definition) is 3. The number of rotatable bonds is 1. The number of nitrogens with zero attached hydrogens (tertiary/aromatic N) is 2. The Morgan fingerprint density at radius 3 is 2.93 bits per heavy atom. The van der Waals surface area contributed by atoms with Gasteiger partial charge in [-0.15, -0.1) is 0 Å². The second-order valence-corrected chi connectivity index (χ2v) is 4.02. The molecule has 2 rings (SSSR count). The Morgan fingerprint density at radius 2 is 2.33 bits per heavy atom. The van der Waals surface area contributed by atoms with Gasteiger partial charge in [0.2, 0.25) is 0 Å². The van der Waals surface area contributed by atoms with Crippen LogP contribution in [0.25, 0.3) is 0 Å². The second kappa shape index (κ2) is 3.92. The molecule has 0 aliphatic carbocycles. The molecule has 0 bridgehead atoms. The van der Waals surface area contributed by atoms with E-state index in [1.165, 1.54) is 0 Å². The smallest absolute Gasteiger partial charge is 0.101 e. The van der Waals surface area contributed by atoms with Gasteiger partial charge < -0.3 is 10.0 Å². The van der Waals surface area contributed by atoms with Gasteiger partial charge in [-0.1, -0.05) is 6.07 Å². The Hall–Kier alpha value is -1.53. The zero-order valence-electron chi connectivity index (χ0n) is 8.77. The molecule has 0 amide bonds. The minimum absolute atomic E-state index is 0.252. The Kier molecular flexibility index (Phi) is 2.61. The minimum atomic E-state index is -0.252. The summed E-state index contributed by atoms with van der Waals surface area (Å²) >= 11 is 0. The lowest BCUT2D eigenvalue weighted by Gasteiger charge is -2.19. The van der Waals surface area contributed by atoms with E-state index in [0.29, 0.717) is 12.1 Å². The van der Waals surface area contributed by atoms with Crippen LogP contribution in [0.5, 0.6) is 0 Å². The van der Waals surface area contributed by atoms with E-state index in [1.54, 1.807) is 0 Å². The molecule has 1 N–H and O–H groups in total. The number of nitriles is 1. The molecule has 0 spiro atoms. The lowest BCUT2D eigenvalue weighted by atomic mass is 10.1. The maximum absolute atomic E-state index is 9.45. The van der Waals surface area contributed by atoms with E-state index < -0.39 is 0 Å². The molecule has 0 radical (unpaired) electrons. The zero-order valence-corrected chi connectivity index (χ0v) is 8.77. The summed E-state index contributed by atoms with van der Waals surface area (Å²) in [6.45, 7) is 3.44. The number of anilines is 1. The third-order valence-electron chi connectivity index (χ3n) is 2.78. The molecular formula is C12H14N2O. The summed E-state index contributed by atoms with van der Waals surface area (Å²) in [5.74, 6) is 0. The summed E-state index contributed by atoms with van der Waals surface area (Å²) in [5.41, 5.74) is 2.73. The molecule has 1 heterocycles. The van der Waals surface area contributed by atoms with Gasteiger partial charge in [0.25, 0.3) is 0 Å². The van der Waals surface area contributed by atoms with Crippen molar-refractivity contribution in [1.29, 1.82) is 5.26 Å². The molecule has 3 heteroatoms. The Balaban J connectivity index is 2.32. The Morgan fingerprint density at radius 1 is 1.53 bits per heavy atom. The van der Waals surface area contributed by atoms with Gasteiger partial charge in [-0.2, -0.15) is 5.26 Å². The zero-order chi connectivity index (χ0) is 10.8. The first-order chi connectivity index (χ1) is 7.20. The molecule has 0 saturated carbocycles. The monoisotopic (exact) mass is 202 g/mol. The highest BCUT2D eigenvalue weighted by Gasteiger charge is 2.22. The normalized spacial score (nSPS) is 20.3. The number of aliphatic hydroxyl groups excluding tert-OH is 1. The summed E-state index contributed by atoms with van der Waals surface area (Å²) in [5, 5.41) is 18.5. The fraction of sp³-hybridized carbons (Fsp3) is 0.417. The highest BCUT2D eigenvalue weighted by molar-refractivity contribution is 5.61. The van der Waals surface area contributed by atoms with Gasteiger partial charge in [0.15, 0.2) is 0 Å². The van der Waals surface area contributed by atoms with Crippen molar-refractivity contribution in [3.63, 3.8) is 0 Å². The number of β-amino-alcohol motifs (C(OH)–C–C–N with tert-alkyl or cyclic N) is 1. The average Bonchev–Trinajstić information content (AvgIpc) is 2.64. The van der Waals surface area contributed by atoms with Crippen molar-refractivity contribution in [3.05, 3.63) is 29.3 Å². The topological polar surface area (TPSA) is 47.3 Å². The number of hydrogen-bond donors (Lipinski definition) is 1. The fourth-order valence-electron chi connectivity index (χ4n) is 1.98. The van der Waals surface area contributed by atoms with Crippen LogP contribution in [0.2, 0.25) is 0 Å². The van der Waals surface area contributed by atoms with Crippen LogP contribution in [0.1, 0.15) is 17.5 Å². The van der Waals surface area contributed by atoms with Crippen molar-refractivity contribution in [2.45, 2.75) is 19.4 Å². The lowest BCUT2D eigenvalue weighted by molar-refractivity contribution is 0.198. The van der Waals surface area contributed by atoms with Crippen molar-refractivity contribution in [1.82, 2.24) is 0 Å². The lowest BCUT2D eigenvalue weighted by Crippen LogP contribution is -2.22. The van der Waals surface area contributed by atoms with Crippen LogP contribution in [0.3, 0.4) is 0 Å². The van der Waals surface area contributed by atoms with E-state index in [9.17, 15) is 5.11 Å². The largest absolute Gasteiger partial charge is 0.391 e. The molecule has 3 nitrogen and oxygen atoms in total. The van der Waals surface area contributed by atoms with Gasteiger partial charge in [-0.25, -0.2) is 0 Å². The molecule has 1 aliphatic rings. The second-order valence-electron chi connectivity index (χ2n) is 4.02. The fourth-order valence-corrected chi connectivity index (χ4v) is 1.98. The molecule has 0 aromatic heterocycles. The van der Waals surface area contributed by atoms with Gasteiger partial charge >= 0.3 is 0 Å². The summed E-state index contributed by atoms with van der Waals surface area (Å²) in [6.07, 6.45) is 0.538. The van der Waals surface area contributed by atoms with Crippen LogP contribution in [0, 0.1) is 18.3 Å². The van der Waals surface area contributed by atoms with Crippen molar-refractivity contribution < 1.29 is 5.11 Å². The Bertz CT molecular complexity index is 409. The first-order valence-corrected chi connectivity index (χ1v) is 5.14. The maximum Gasteiger partial charge on any atom is 0.101 e. The molecule has 15 heavy (non-hydrogen) atoms. The van der Waals surface area contributed by atoms with E-state index in [2.05, 4.69) is 11.0 Å². The molecular weight excluding hydrogens is 188 g/mol. The predicted molar refractivity (Wildman–Crippen MR) is 58.7 cm³/mol. The van der Waals surface area contributed by atoms with E-state index >= 15 is 0 Å². The van der Waals surface area contributed by atoms with Crippen LogP contribution < -0.4 is 4.90 Å². The Labute approximate surface area is 89.6 Å². The summed E-state index contributed by atoms with van der Waals surface area (Å²) < 4.78 is 0. The van der Waals surface area contributed by atoms with Gasteiger partial charge in [0, 0.05) is 13.1 Å². The molecule has 1 fully saturated rings. The maximum atomic E-state index is 9.45. The summed E-state index contributed by atoms with van der Waals surface area (Å²) in [6, 6.07) is 8.06. The molecule has 0 unspecified atom stereocenters. The van der Waals surface area contributed by atoms with Gasteiger partial charge in [-0.3, -0.25) is 0 Å². The van der Waals surface area contributed by atoms with Crippen molar-refractivity contribution >= 4 is 5.69 Å². The highest BCUT2D eigenvalue weighted by Crippen LogP contribution is 2.25. The third kappa shape index (κ3) is 1.95. The van der Waals surface area contributed by atoms with Crippen molar-refractivity contribution in [2.75, 3.05) is 18.0 Å². The van der Waals surface area contributed by atoms with Crippen molar-refractivity contribution in [2.24, 2.45) is 0 Å². The predicted octanol–water partition coefficient (Wildman–Crippen LogP) is 1.44. The van der Waals surface area contributed by atoms with E-state index in [0.717, 1.165) is 24.2 Å². The third-order valence-corrected chi connectivity index (χ3v) is 2.78. The average molecular weight is 202 g/mol. The molecule has 1 aromatic rings. The first kappa shape index (κ1) is 10.0. The van der Waals surface area contributed by atoms with E-state index in [-0.39, 0.29) is 6.10 Å². The standard InChI is InChI=1S/C12H14N2O/c1-9-2-3-12(10(6-9)7-13)14-5-4-11(15)8-14/h2-3,6,11,15H,4-5,8H2,1H3/t11-/m1/s1. The molecule has 1 atom stereocenters. The van der Waals surface area contributed by atoms with Gasteiger partial charge in [0.05, 0.1) is 17.4 Å². The first-order valence-electron chi connectivity index (χ1n) is 5.14. The van der Waals surface area contributed by atoms with Crippen LogP contribution in [0.4, 0.5) is 5.69 Å². The van der Waals surface area contributed by atoms with Crippen LogP contribution in [-0.4, -0.2) is 24.3 Å². The number of aryl methyl sites for hydroxylation is 1. The van der Waals surface area contributed by atoms with E-state index in [4.69, 9.17) is 5.26 Å². The quantitative estimate of drug-likeness (QED) is 0.749. The molecule has 1 aliphatic heterocycles. The SMILES string of the molecule is Cc1ccc(N2CC[C@@H](O)C2)c(C#N)c1. The van der Waals surface area contributed by atoms with Gasteiger partial charge in [0.1, 0.15) is 6.07 Å².